The number of benzene rings is 1. The number of nitrogens with zero attached hydrogens (tertiary/aromatic N) is 5. The van der Waals surface area contributed by atoms with Gasteiger partial charge >= 0.3 is 0 Å². The van der Waals surface area contributed by atoms with E-state index in [9.17, 15) is 9.18 Å². The van der Waals surface area contributed by atoms with Gasteiger partial charge in [0.1, 0.15) is 22.8 Å². The maximum absolute atomic E-state index is 16.5. The van der Waals surface area contributed by atoms with Gasteiger partial charge in [-0.3, -0.25) is 9.78 Å². The molecule has 2 aliphatic heterocycles. The van der Waals surface area contributed by atoms with E-state index in [0.717, 1.165) is 25.8 Å². The molecule has 5 heterocycles. The summed E-state index contributed by atoms with van der Waals surface area (Å²) in [7, 11) is 1.93. The number of piperidine rings is 1. The number of halogens is 2. The van der Waals surface area contributed by atoms with Gasteiger partial charge in [0.25, 0.3) is 0 Å². The number of anilines is 2. The lowest BCUT2D eigenvalue weighted by molar-refractivity contribution is 0.122. The number of H-pyrrole nitrogens is 1. The molecule has 0 unspecified atom stereocenters. The SMILES string of the molecule is C#Cc1c(F)ccc2cc(=O)[nH]c(-c3ncc4c(N(C)C[C@H]5CCCCN5)nc(N5CCOCC5)nc4c3F)c12. The molecular weight excluding hydrogens is 516 g/mol. The summed E-state index contributed by atoms with van der Waals surface area (Å²) in [6.45, 7) is 3.81. The van der Waals surface area contributed by atoms with Crippen molar-refractivity contribution < 1.29 is 13.5 Å². The van der Waals surface area contributed by atoms with E-state index in [1.165, 1.54) is 24.4 Å². The van der Waals surface area contributed by atoms with Gasteiger partial charge in [0, 0.05) is 50.4 Å². The monoisotopic (exact) mass is 545 g/mol. The molecule has 40 heavy (non-hydrogen) atoms. The smallest absolute Gasteiger partial charge is 0.249 e. The van der Waals surface area contributed by atoms with Crippen molar-refractivity contribution in [2.75, 3.05) is 56.2 Å². The summed E-state index contributed by atoms with van der Waals surface area (Å²) in [6, 6.07) is 4.21. The molecule has 2 saturated heterocycles. The fourth-order valence-electron chi connectivity index (χ4n) is 5.56. The lowest BCUT2D eigenvalue weighted by atomic mass is 10.0. The summed E-state index contributed by atoms with van der Waals surface area (Å²) in [5.41, 5.74) is -0.692. The van der Waals surface area contributed by atoms with Gasteiger partial charge in [0.2, 0.25) is 11.5 Å². The molecule has 0 amide bonds. The van der Waals surface area contributed by atoms with E-state index in [4.69, 9.17) is 16.1 Å². The Morgan fingerprint density at radius 1 is 1.23 bits per heavy atom. The molecule has 0 aliphatic carbocycles. The lowest BCUT2D eigenvalue weighted by Crippen LogP contribution is -2.43. The van der Waals surface area contributed by atoms with E-state index in [1.54, 1.807) is 0 Å². The number of likely N-dealkylation sites (N-methyl/N-ethyl adjacent to an activating group) is 1. The van der Waals surface area contributed by atoms with Crippen molar-refractivity contribution in [3.63, 3.8) is 0 Å². The number of hydrogen-bond acceptors (Lipinski definition) is 8. The summed E-state index contributed by atoms with van der Waals surface area (Å²) < 4.78 is 36.7. The van der Waals surface area contributed by atoms with E-state index in [-0.39, 0.29) is 33.9 Å². The predicted molar refractivity (Wildman–Crippen MR) is 151 cm³/mol. The summed E-state index contributed by atoms with van der Waals surface area (Å²) in [6.07, 6.45) is 10.5. The number of fused-ring (bicyclic) bond motifs is 2. The van der Waals surface area contributed by atoms with Crippen LogP contribution in [0.3, 0.4) is 0 Å². The van der Waals surface area contributed by atoms with Crippen molar-refractivity contribution in [2.45, 2.75) is 25.3 Å². The van der Waals surface area contributed by atoms with Crippen LogP contribution in [-0.4, -0.2) is 72.4 Å². The van der Waals surface area contributed by atoms with Crippen LogP contribution in [-0.2, 0) is 4.74 Å². The third-order valence-electron chi connectivity index (χ3n) is 7.57. The Morgan fingerprint density at radius 3 is 2.80 bits per heavy atom. The maximum atomic E-state index is 16.5. The van der Waals surface area contributed by atoms with Gasteiger partial charge in [-0.1, -0.05) is 18.4 Å². The number of hydrogen-bond donors (Lipinski definition) is 2. The first-order valence-corrected chi connectivity index (χ1v) is 13.4. The van der Waals surface area contributed by atoms with Gasteiger partial charge in [-0.25, -0.2) is 13.8 Å². The molecule has 6 rings (SSSR count). The Kier molecular flexibility index (Phi) is 7.04. The van der Waals surface area contributed by atoms with Crippen LogP contribution in [0, 0.1) is 24.0 Å². The third kappa shape index (κ3) is 4.74. The van der Waals surface area contributed by atoms with Crippen LogP contribution in [0.2, 0.25) is 0 Å². The molecule has 9 nitrogen and oxygen atoms in total. The van der Waals surface area contributed by atoms with E-state index < -0.39 is 17.2 Å². The highest BCUT2D eigenvalue weighted by Crippen LogP contribution is 2.35. The van der Waals surface area contributed by atoms with E-state index >= 15 is 4.39 Å². The van der Waals surface area contributed by atoms with Crippen LogP contribution in [0.1, 0.15) is 24.8 Å². The molecule has 4 aromatic rings. The van der Waals surface area contributed by atoms with Gasteiger partial charge in [-0.2, -0.15) is 4.98 Å². The van der Waals surface area contributed by atoms with Gasteiger partial charge in [0.05, 0.1) is 29.9 Å². The molecule has 11 heteroatoms. The standard InChI is InChI=1S/C29H29F2N7O2/c1-3-19-21(30)8-7-17-14-22(39)34-26(23(17)19)27-24(31)25-20(15-33-27)28(37(2)16-18-6-4-5-9-32-18)36-29(35-25)38-10-12-40-13-11-38/h1,7-8,14-15,18,32H,4-6,9-13,16H2,2H3,(H,34,39)/t18-/m1/s1. The molecule has 2 N–H and O–H groups in total. The molecular formula is C29H29F2N7O2. The van der Waals surface area contributed by atoms with E-state index in [2.05, 4.69) is 26.2 Å². The molecule has 1 aromatic carbocycles. The zero-order chi connectivity index (χ0) is 27.8. The third-order valence-corrected chi connectivity index (χ3v) is 7.57. The normalized spacial score (nSPS) is 17.8. The number of terminal acetylenes is 1. The average molecular weight is 546 g/mol. The zero-order valence-electron chi connectivity index (χ0n) is 22.1. The number of morpholine rings is 1. The fourth-order valence-corrected chi connectivity index (χ4v) is 5.56. The molecule has 0 saturated carbocycles. The van der Waals surface area contributed by atoms with Gasteiger partial charge < -0.3 is 24.8 Å². The minimum absolute atomic E-state index is 0.00203. The highest BCUT2D eigenvalue weighted by atomic mass is 19.1. The minimum atomic E-state index is -0.754. The summed E-state index contributed by atoms with van der Waals surface area (Å²) in [5.74, 6) is 1.87. The lowest BCUT2D eigenvalue weighted by Gasteiger charge is -2.31. The molecule has 0 spiro atoms. The van der Waals surface area contributed by atoms with Crippen LogP contribution < -0.4 is 20.7 Å². The van der Waals surface area contributed by atoms with Crippen molar-refractivity contribution in [3.05, 3.63) is 51.9 Å². The van der Waals surface area contributed by atoms with Crippen molar-refractivity contribution in [2.24, 2.45) is 0 Å². The average Bonchev–Trinajstić information content (AvgIpc) is 2.98. The second kappa shape index (κ2) is 10.8. The Labute approximate surface area is 229 Å². The first kappa shape index (κ1) is 26.1. The van der Waals surface area contributed by atoms with Gasteiger partial charge in [-0.05, 0) is 30.8 Å². The first-order valence-electron chi connectivity index (χ1n) is 13.4. The van der Waals surface area contributed by atoms with Crippen LogP contribution in [0.4, 0.5) is 20.5 Å². The first-order chi connectivity index (χ1) is 19.4. The Hall–Kier alpha value is -4.14. The van der Waals surface area contributed by atoms with E-state index in [1.807, 2.05) is 16.8 Å². The highest BCUT2D eigenvalue weighted by molar-refractivity contribution is 6.00. The number of rotatable bonds is 5. The Morgan fingerprint density at radius 2 is 2.05 bits per heavy atom. The molecule has 2 aliphatic rings. The topological polar surface area (TPSA) is 99.3 Å². The minimum Gasteiger partial charge on any atom is -0.378 e. The molecule has 206 valence electrons. The van der Waals surface area contributed by atoms with Gasteiger partial charge in [-0.15, -0.1) is 6.42 Å². The number of aromatic amines is 1. The second-order valence-electron chi connectivity index (χ2n) is 10.2. The quantitative estimate of drug-likeness (QED) is 0.369. The highest BCUT2D eigenvalue weighted by Gasteiger charge is 2.25. The van der Waals surface area contributed by atoms with Gasteiger partial charge in [0.15, 0.2) is 5.82 Å². The summed E-state index contributed by atoms with van der Waals surface area (Å²) >= 11 is 0. The van der Waals surface area contributed by atoms with Crippen LogP contribution >= 0.6 is 0 Å². The molecule has 0 radical (unpaired) electrons. The molecule has 0 bridgehead atoms. The zero-order valence-corrected chi connectivity index (χ0v) is 22.1. The summed E-state index contributed by atoms with van der Waals surface area (Å²) in [5, 5.41) is 4.56. The van der Waals surface area contributed by atoms with Crippen molar-refractivity contribution in [1.29, 1.82) is 0 Å². The molecule has 2 fully saturated rings. The Bertz CT molecular complexity index is 1690. The predicted octanol–water partition coefficient (Wildman–Crippen LogP) is 3.21. The maximum Gasteiger partial charge on any atom is 0.249 e. The number of pyridine rings is 2. The number of ether oxygens (including phenoxy) is 1. The van der Waals surface area contributed by atoms with Crippen LogP contribution in [0.15, 0.2) is 29.2 Å². The summed E-state index contributed by atoms with van der Waals surface area (Å²) in [4.78, 5) is 33.0. The largest absolute Gasteiger partial charge is 0.378 e. The fraction of sp³-hybridized carbons (Fsp3) is 0.379. The van der Waals surface area contributed by atoms with Crippen molar-refractivity contribution in [1.82, 2.24) is 25.3 Å². The number of nitrogens with one attached hydrogen (secondary N) is 2. The van der Waals surface area contributed by atoms with Crippen molar-refractivity contribution >= 4 is 33.4 Å². The second-order valence-corrected chi connectivity index (χ2v) is 10.2. The number of aromatic nitrogens is 4. The molecule has 3 aromatic heterocycles. The van der Waals surface area contributed by atoms with Crippen LogP contribution in [0.5, 0.6) is 0 Å². The van der Waals surface area contributed by atoms with Crippen LogP contribution in [0.25, 0.3) is 33.1 Å². The molecule has 1 atom stereocenters. The van der Waals surface area contributed by atoms with Crippen molar-refractivity contribution in [3.8, 4) is 23.7 Å². The Balaban J connectivity index is 1.55. The van der Waals surface area contributed by atoms with E-state index in [0.29, 0.717) is 55.4 Å².